The van der Waals surface area contributed by atoms with Crippen molar-refractivity contribution in [3.8, 4) is 11.1 Å². The molecule has 0 unspecified atom stereocenters. The van der Waals surface area contributed by atoms with Gasteiger partial charge < -0.3 is 20.6 Å². The maximum absolute atomic E-state index is 13.0. The molecule has 1 atom stereocenters. The van der Waals surface area contributed by atoms with Crippen LogP contribution in [-0.2, 0) is 15.8 Å². The molecule has 4 rings (SSSR count). The van der Waals surface area contributed by atoms with Gasteiger partial charge in [-0.2, -0.15) is 13.2 Å². The van der Waals surface area contributed by atoms with Gasteiger partial charge in [0.05, 0.1) is 0 Å². The SMILES string of the molecule is CC(=O)Nc1cc(Nc2nccc(C(F)(F)F)n2)cc(-c2ccc(N3CC[C@H]3C(=O)O)nc2)c1. The number of carboxylic acids is 1. The standard InChI is InChI=1S/C22H19F3N6O3/c1-12(32)28-15-8-14(13-2-3-19(27-11-13)31-7-5-17(31)20(33)34)9-16(10-15)29-21-26-6-4-18(30-21)22(23,24)25/h2-4,6,8-11,17H,5,7H2,1H3,(H,28,32)(H,33,34)(H,26,29,30)/t17-/m0/s1. The van der Waals surface area contributed by atoms with Gasteiger partial charge in [0.15, 0.2) is 0 Å². The maximum atomic E-state index is 13.0. The number of benzene rings is 1. The fourth-order valence-electron chi connectivity index (χ4n) is 3.49. The van der Waals surface area contributed by atoms with Crippen LogP contribution in [0, 0.1) is 0 Å². The predicted octanol–water partition coefficient (Wildman–Crippen LogP) is 3.92. The highest BCUT2D eigenvalue weighted by molar-refractivity contribution is 5.91. The zero-order valence-corrected chi connectivity index (χ0v) is 17.8. The van der Waals surface area contributed by atoms with Gasteiger partial charge in [-0.3, -0.25) is 4.79 Å². The lowest BCUT2D eigenvalue weighted by atomic mass is 10.0. The minimum absolute atomic E-state index is 0.258. The number of hydrogen-bond donors (Lipinski definition) is 3. The number of pyridine rings is 1. The van der Waals surface area contributed by atoms with Gasteiger partial charge in [-0.15, -0.1) is 0 Å². The van der Waals surface area contributed by atoms with Crippen LogP contribution in [0.1, 0.15) is 19.0 Å². The minimum Gasteiger partial charge on any atom is -0.480 e. The summed E-state index contributed by atoms with van der Waals surface area (Å²) in [6, 6.07) is 8.47. The second-order valence-corrected chi connectivity index (χ2v) is 7.61. The van der Waals surface area contributed by atoms with Gasteiger partial charge in [-0.25, -0.2) is 19.7 Å². The summed E-state index contributed by atoms with van der Waals surface area (Å²) in [6.45, 7) is 1.92. The molecule has 9 nitrogen and oxygen atoms in total. The highest BCUT2D eigenvalue weighted by Gasteiger charge is 2.35. The average Bonchev–Trinajstić information content (AvgIpc) is 2.72. The lowest BCUT2D eigenvalue weighted by molar-refractivity contribution is -0.141. The van der Waals surface area contributed by atoms with Crippen LogP contribution in [0.5, 0.6) is 0 Å². The first-order valence-electron chi connectivity index (χ1n) is 10.2. The Balaban J connectivity index is 1.63. The molecule has 0 spiro atoms. The Hall–Kier alpha value is -4.22. The Kier molecular flexibility index (Phi) is 6.05. The molecule has 176 valence electrons. The van der Waals surface area contributed by atoms with E-state index >= 15 is 0 Å². The summed E-state index contributed by atoms with van der Waals surface area (Å²) in [4.78, 5) is 36.2. The molecule has 12 heteroatoms. The van der Waals surface area contributed by atoms with Crippen molar-refractivity contribution in [1.82, 2.24) is 15.0 Å². The average molecular weight is 472 g/mol. The minimum atomic E-state index is -4.62. The van der Waals surface area contributed by atoms with Crippen molar-refractivity contribution in [1.29, 1.82) is 0 Å². The molecule has 0 aliphatic carbocycles. The number of rotatable bonds is 6. The Morgan fingerprint density at radius 3 is 2.44 bits per heavy atom. The van der Waals surface area contributed by atoms with Crippen molar-refractivity contribution in [3.63, 3.8) is 0 Å². The largest absolute Gasteiger partial charge is 0.480 e. The number of aliphatic carboxylic acids is 1. The van der Waals surface area contributed by atoms with E-state index in [1.165, 1.54) is 13.0 Å². The molecular weight excluding hydrogens is 453 g/mol. The Morgan fingerprint density at radius 1 is 1.09 bits per heavy atom. The number of anilines is 4. The number of aromatic nitrogens is 3. The van der Waals surface area contributed by atoms with Crippen molar-refractivity contribution < 1.29 is 27.9 Å². The molecule has 1 aliphatic rings. The van der Waals surface area contributed by atoms with Crippen LogP contribution in [0.25, 0.3) is 11.1 Å². The van der Waals surface area contributed by atoms with Crippen LogP contribution < -0.4 is 15.5 Å². The highest BCUT2D eigenvalue weighted by atomic mass is 19.4. The van der Waals surface area contributed by atoms with Crippen LogP contribution in [0.4, 0.5) is 36.3 Å². The van der Waals surface area contributed by atoms with Crippen LogP contribution in [-0.4, -0.2) is 44.5 Å². The zero-order chi connectivity index (χ0) is 24.5. The smallest absolute Gasteiger partial charge is 0.433 e. The molecule has 0 bridgehead atoms. The van der Waals surface area contributed by atoms with Crippen molar-refractivity contribution in [2.24, 2.45) is 0 Å². The van der Waals surface area contributed by atoms with Crippen molar-refractivity contribution in [2.45, 2.75) is 25.6 Å². The molecule has 3 aromatic rings. The number of nitrogens with zero attached hydrogens (tertiary/aromatic N) is 4. The summed E-state index contributed by atoms with van der Waals surface area (Å²) in [5.41, 5.74) is 0.916. The fraction of sp³-hybridized carbons (Fsp3) is 0.227. The van der Waals surface area contributed by atoms with Gasteiger partial charge >= 0.3 is 12.1 Å². The van der Waals surface area contributed by atoms with Gasteiger partial charge in [0.1, 0.15) is 17.6 Å². The summed E-state index contributed by atoms with van der Waals surface area (Å²) in [6.07, 6.45) is -1.51. The third-order valence-electron chi connectivity index (χ3n) is 5.14. The molecule has 1 aliphatic heterocycles. The monoisotopic (exact) mass is 472 g/mol. The van der Waals surface area contributed by atoms with E-state index < -0.39 is 23.9 Å². The number of carboxylic acid groups (broad SMARTS) is 1. The van der Waals surface area contributed by atoms with Gasteiger partial charge in [0, 0.05) is 42.8 Å². The molecule has 1 aromatic carbocycles. The van der Waals surface area contributed by atoms with E-state index in [1.54, 1.807) is 35.4 Å². The summed E-state index contributed by atoms with van der Waals surface area (Å²) < 4.78 is 38.9. The number of alkyl halides is 3. The third-order valence-corrected chi connectivity index (χ3v) is 5.14. The van der Waals surface area contributed by atoms with E-state index in [-0.39, 0.29) is 11.9 Å². The summed E-state index contributed by atoms with van der Waals surface area (Å²) >= 11 is 0. The molecule has 3 heterocycles. The number of hydrogen-bond acceptors (Lipinski definition) is 7. The maximum Gasteiger partial charge on any atom is 0.433 e. The molecule has 3 N–H and O–H groups in total. The van der Waals surface area contributed by atoms with E-state index in [0.717, 1.165) is 12.3 Å². The van der Waals surface area contributed by atoms with E-state index in [1.807, 2.05) is 0 Å². The summed E-state index contributed by atoms with van der Waals surface area (Å²) in [7, 11) is 0. The molecule has 1 saturated heterocycles. The fourth-order valence-corrected chi connectivity index (χ4v) is 3.49. The highest BCUT2D eigenvalue weighted by Crippen LogP contribution is 2.32. The van der Waals surface area contributed by atoms with Gasteiger partial charge in [0.2, 0.25) is 11.9 Å². The second kappa shape index (κ2) is 8.96. The van der Waals surface area contributed by atoms with Gasteiger partial charge in [0.25, 0.3) is 0 Å². The number of nitrogens with one attached hydrogen (secondary N) is 2. The first-order chi connectivity index (χ1) is 16.1. The Labute approximate surface area is 191 Å². The van der Waals surface area contributed by atoms with Gasteiger partial charge in [-0.05, 0) is 48.4 Å². The molecule has 0 radical (unpaired) electrons. The molecule has 34 heavy (non-hydrogen) atoms. The number of amides is 1. The van der Waals surface area contributed by atoms with E-state index in [2.05, 4.69) is 25.6 Å². The van der Waals surface area contributed by atoms with E-state index in [0.29, 0.717) is 41.3 Å². The van der Waals surface area contributed by atoms with Crippen molar-refractivity contribution >= 4 is 35.0 Å². The van der Waals surface area contributed by atoms with Crippen LogP contribution >= 0.6 is 0 Å². The first kappa shape index (κ1) is 23.0. The molecule has 1 fully saturated rings. The van der Waals surface area contributed by atoms with Crippen LogP contribution in [0.2, 0.25) is 0 Å². The van der Waals surface area contributed by atoms with Crippen molar-refractivity contribution in [3.05, 3.63) is 54.5 Å². The van der Waals surface area contributed by atoms with Crippen molar-refractivity contribution in [2.75, 3.05) is 22.1 Å². The molecule has 2 aromatic heterocycles. The Morgan fingerprint density at radius 2 is 1.85 bits per heavy atom. The van der Waals surface area contributed by atoms with Crippen LogP contribution in [0.15, 0.2) is 48.8 Å². The lowest BCUT2D eigenvalue weighted by Crippen LogP contribution is -2.52. The van der Waals surface area contributed by atoms with Crippen LogP contribution in [0.3, 0.4) is 0 Å². The number of carbonyl (C=O) groups excluding carboxylic acids is 1. The molecule has 1 amide bonds. The molecule has 0 saturated carbocycles. The van der Waals surface area contributed by atoms with E-state index in [9.17, 15) is 27.9 Å². The zero-order valence-electron chi connectivity index (χ0n) is 17.8. The number of halogens is 3. The second-order valence-electron chi connectivity index (χ2n) is 7.61. The normalized spacial score (nSPS) is 15.4. The topological polar surface area (TPSA) is 120 Å². The summed E-state index contributed by atoms with van der Waals surface area (Å²) in [5.74, 6) is -0.972. The van der Waals surface area contributed by atoms with Gasteiger partial charge in [-0.1, -0.05) is 0 Å². The number of carbonyl (C=O) groups is 2. The molecular formula is C22H19F3N6O3. The lowest BCUT2D eigenvalue weighted by Gasteiger charge is -2.38. The Bertz CT molecular complexity index is 1230. The quantitative estimate of drug-likeness (QED) is 0.494. The first-order valence-corrected chi connectivity index (χ1v) is 10.2. The summed E-state index contributed by atoms with van der Waals surface area (Å²) in [5, 5.41) is 14.6. The third kappa shape index (κ3) is 5.05. The van der Waals surface area contributed by atoms with E-state index in [4.69, 9.17) is 0 Å². The predicted molar refractivity (Wildman–Crippen MR) is 118 cm³/mol.